The standard InChI is InChI=1S/C15H18INO/c1-11-8-9-15(14(16)10-11)17(12(2)18)13-6-4-3-5-7-13/h4,6,8-10,13H,3,5,7H2,1-2H3/t13-/m0/s1. The lowest BCUT2D eigenvalue weighted by molar-refractivity contribution is -0.116. The van der Waals surface area contributed by atoms with E-state index in [0.717, 1.165) is 28.5 Å². The van der Waals surface area contributed by atoms with E-state index in [1.807, 2.05) is 4.90 Å². The number of carbonyl (C=O) groups is 1. The summed E-state index contributed by atoms with van der Waals surface area (Å²) < 4.78 is 1.14. The predicted molar refractivity (Wildman–Crippen MR) is 83.8 cm³/mol. The van der Waals surface area contributed by atoms with Gasteiger partial charge in [0.1, 0.15) is 0 Å². The van der Waals surface area contributed by atoms with Crippen molar-refractivity contribution in [2.75, 3.05) is 4.90 Å². The van der Waals surface area contributed by atoms with Gasteiger partial charge in [-0.3, -0.25) is 4.79 Å². The van der Waals surface area contributed by atoms with E-state index in [9.17, 15) is 4.79 Å². The summed E-state index contributed by atoms with van der Waals surface area (Å²) in [4.78, 5) is 13.9. The number of benzene rings is 1. The number of aryl methyl sites for hydroxylation is 1. The monoisotopic (exact) mass is 355 g/mol. The van der Waals surface area contributed by atoms with E-state index >= 15 is 0 Å². The number of nitrogens with zero attached hydrogens (tertiary/aromatic N) is 1. The largest absolute Gasteiger partial charge is 0.305 e. The van der Waals surface area contributed by atoms with Gasteiger partial charge < -0.3 is 4.90 Å². The Bertz CT molecular complexity index is 481. The molecule has 0 bridgehead atoms. The summed E-state index contributed by atoms with van der Waals surface area (Å²) in [6.45, 7) is 3.73. The van der Waals surface area contributed by atoms with Crippen LogP contribution in [0.3, 0.4) is 0 Å². The number of halogens is 1. The molecule has 0 heterocycles. The molecule has 0 aliphatic heterocycles. The van der Waals surface area contributed by atoms with Crippen LogP contribution in [0.25, 0.3) is 0 Å². The van der Waals surface area contributed by atoms with Crippen molar-refractivity contribution in [2.45, 2.75) is 39.2 Å². The lowest BCUT2D eigenvalue weighted by Gasteiger charge is -2.31. The molecule has 1 atom stereocenters. The van der Waals surface area contributed by atoms with Gasteiger partial charge in [0.15, 0.2) is 0 Å². The van der Waals surface area contributed by atoms with Crippen LogP contribution >= 0.6 is 22.6 Å². The first-order chi connectivity index (χ1) is 8.59. The van der Waals surface area contributed by atoms with Gasteiger partial charge in [0.2, 0.25) is 5.91 Å². The van der Waals surface area contributed by atoms with Crippen molar-refractivity contribution in [2.24, 2.45) is 0 Å². The minimum absolute atomic E-state index is 0.119. The molecule has 0 saturated heterocycles. The SMILES string of the molecule is CC(=O)N(c1ccc(C)cc1I)[C@H]1C=CCCC1. The second-order valence-electron chi connectivity index (χ2n) is 4.77. The Balaban J connectivity index is 2.37. The van der Waals surface area contributed by atoms with E-state index in [2.05, 4.69) is 59.9 Å². The average molecular weight is 355 g/mol. The Morgan fingerprint density at radius 3 is 2.78 bits per heavy atom. The molecule has 1 aliphatic carbocycles. The molecule has 1 aromatic rings. The fourth-order valence-electron chi connectivity index (χ4n) is 2.40. The highest BCUT2D eigenvalue weighted by Gasteiger charge is 2.23. The van der Waals surface area contributed by atoms with Crippen LogP contribution in [0.2, 0.25) is 0 Å². The third-order valence-corrected chi connectivity index (χ3v) is 4.13. The lowest BCUT2D eigenvalue weighted by atomic mass is 10.0. The summed E-state index contributed by atoms with van der Waals surface area (Å²) >= 11 is 2.31. The first kappa shape index (κ1) is 13.6. The minimum atomic E-state index is 0.119. The molecule has 2 rings (SSSR count). The van der Waals surface area contributed by atoms with Crippen molar-refractivity contribution in [3.8, 4) is 0 Å². The van der Waals surface area contributed by atoms with Crippen molar-refractivity contribution < 1.29 is 4.79 Å². The highest BCUT2D eigenvalue weighted by molar-refractivity contribution is 14.1. The Morgan fingerprint density at radius 1 is 1.44 bits per heavy atom. The molecule has 1 aliphatic rings. The molecule has 1 amide bonds. The molecule has 0 N–H and O–H groups in total. The van der Waals surface area contributed by atoms with Gasteiger partial charge in [-0.15, -0.1) is 0 Å². The van der Waals surface area contributed by atoms with Crippen LogP contribution in [0.5, 0.6) is 0 Å². The zero-order chi connectivity index (χ0) is 13.1. The molecule has 0 unspecified atom stereocenters. The summed E-state index contributed by atoms with van der Waals surface area (Å²) in [5.41, 5.74) is 2.26. The Morgan fingerprint density at radius 2 is 2.22 bits per heavy atom. The molecule has 3 heteroatoms. The van der Waals surface area contributed by atoms with Crippen LogP contribution in [0, 0.1) is 10.5 Å². The molecule has 96 valence electrons. The molecule has 0 aromatic heterocycles. The lowest BCUT2D eigenvalue weighted by Crippen LogP contribution is -2.39. The maximum atomic E-state index is 12.0. The Hall–Kier alpha value is -0.840. The first-order valence-electron chi connectivity index (χ1n) is 6.32. The zero-order valence-electron chi connectivity index (χ0n) is 10.8. The molecular weight excluding hydrogens is 337 g/mol. The number of hydrogen-bond donors (Lipinski definition) is 0. The van der Waals surface area contributed by atoms with Gasteiger partial charge >= 0.3 is 0 Å². The Kier molecular flexibility index (Phi) is 4.43. The fourth-order valence-corrected chi connectivity index (χ4v) is 3.33. The molecule has 0 radical (unpaired) electrons. The van der Waals surface area contributed by atoms with Crippen LogP contribution in [-0.4, -0.2) is 11.9 Å². The van der Waals surface area contributed by atoms with E-state index in [-0.39, 0.29) is 11.9 Å². The van der Waals surface area contributed by atoms with Gasteiger partial charge in [-0.1, -0.05) is 18.2 Å². The summed E-state index contributed by atoms with van der Waals surface area (Å²) in [7, 11) is 0. The number of rotatable bonds is 2. The second kappa shape index (κ2) is 5.87. The van der Waals surface area contributed by atoms with Gasteiger partial charge in [-0.05, 0) is 66.5 Å². The smallest absolute Gasteiger partial charge is 0.224 e. The molecular formula is C15H18INO. The van der Waals surface area contributed by atoms with Crippen LogP contribution in [-0.2, 0) is 4.79 Å². The minimum Gasteiger partial charge on any atom is -0.305 e. The van der Waals surface area contributed by atoms with Crippen molar-refractivity contribution in [1.82, 2.24) is 0 Å². The maximum Gasteiger partial charge on any atom is 0.224 e. The predicted octanol–water partition coefficient (Wildman–Crippen LogP) is 4.06. The topological polar surface area (TPSA) is 20.3 Å². The fraction of sp³-hybridized carbons (Fsp3) is 0.400. The van der Waals surface area contributed by atoms with Crippen molar-refractivity contribution in [3.05, 3.63) is 39.5 Å². The van der Waals surface area contributed by atoms with Crippen molar-refractivity contribution >= 4 is 34.2 Å². The summed E-state index contributed by atoms with van der Waals surface area (Å²) in [6, 6.07) is 6.46. The van der Waals surface area contributed by atoms with E-state index < -0.39 is 0 Å². The van der Waals surface area contributed by atoms with Crippen molar-refractivity contribution in [1.29, 1.82) is 0 Å². The van der Waals surface area contributed by atoms with E-state index in [1.165, 1.54) is 5.56 Å². The number of hydrogen-bond acceptors (Lipinski definition) is 1. The van der Waals surface area contributed by atoms with Crippen LogP contribution < -0.4 is 4.90 Å². The molecule has 0 saturated carbocycles. The van der Waals surface area contributed by atoms with E-state index in [1.54, 1.807) is 6.92 Å². The van der Waals surface area contributed by atoms with Gasteiger partial charge in [0, 0.05) is 10.5 Å². The average Bonchev–Trinajstić information content (AvgIpc) is 2.33. The molecule has 0 spiro atoms. The quantitative estimate of drug-likeness (QED) is 0.579. The first-order valence-corrected chi connectivity index (χ1v) is 7.40. The second-order valence-corrected chi connectivity index (χ2v) is 5.93. The normalized spacial score (nSPS) is 18.7. The van der Waals surface area contributed by atoms with Gasteiger partial charge in [0.25, 0.3) is 0 Å². The van der Waals surface area contributed by atoms with Crippen LogP contribution in [0.1, 0.15) is 31.7 Å². The van der Waals surface area contributed by atoms with Gasteiger partial charge in [-0.2, -0.15) is 0 Å². The number of allylic oxidation sites excluding steroid dienone is 1. The molecule has 0 fully saturated rings. The number of anilines is 1. The third-order valence-electron chi connectivity index (χ3n) is 3.26. The zero-order valence-corrected chi connectivity index (χ0v) is 13.0. The van der Waals surface area contributed by atoms with E-state index in [0.29, 0.717) is 0 Å². The maximum absolute atomic E-state index is 12.0. The van der Waals surface area contributed by atoms with Crippen molar-refractivity contribution in [3.63, 3.8) is 0 Å². The Labute approximate surface area is 122 Å². The summed E-state index contributed by atoms with van der Waals surface area (Å²) in [6.07, 6.45) is 7.70. The highest BCUT2D eigenvalue weighted by Crippen LogP contribution is 2.28. The van der Waals surface area contributed by atoms with Crippen LogP contribution in [0.15, 0.2) is 30.4 Å². The summed E-state index contributed by atoms with van der Waals surface area (Å²) in [5, 5.41) is 0. The third kappa shape index (κ3) is 2.94. The van der Waals surface area contributed by atoms with E-state index in [4.69, 9.17) is 0 Å². The molecule has 2 nitrogen and oxygen atoms in total. The van der Waals surface area contributed by atoms with Gasteiger partial charge in [0.05, 0.1) is 11.7 Å². The number of carbonyl (C=O) groups excluding carboxylic acids is 1. The van der Waals surface area contributed by atoms with Gasteiger partial charge in [-0.25, -0.2) is 0 Å². The molecule has 1 aromatic carbocycles. The highest BCUT2D eigenvalue weighted by atomic mass is 127. The van der Waals surface area contributed by atoms with Crippen LogP contribution in [0.4, 0.5) is 5.69 Å². The summed E-state index contributed by atoms with van der Waals surface area (Å²) in [5.74, 6) is 0.119. The molecule has 18 heavy (non-hydrogen) atoms. The number of amides is 1.